The van der Waals surface area contributed by atoms with Gasteiger partial charge in [0.1, 0.15) is 6.42 Å². The molecule has 0 aromatic heterocycles. The Hall–Kier alpha value is -1.84. The molecule has 0 fully saturated rings. The summed E-state index contributed by atoms with van der Waals surface area (Å²) in [5, 5.41) is 2.81. The molecule has 4 heteroatoms. The van der Waals surface area contributed by atoms with Crippen molar-refractivity contribution in [1.82, 2.24) is 4.90 Å². The molecule has 0 aliphatic carbocycles. The van der Waals surface area contributed by atoms with Crippen molar-refractivity contribution in [2.45, 2.75) is 40.0 Å². The van der Waals surface area contributed by atoms with Crippen molar-refractivity contribution >= 4 is 17.5 Å². The Balaban J connectivity index is 2.55. The summed E-state index contributed by atoms with van der Waals surface area (Å²) in [5.41, 5.74) is 2.85. The predicted molar refractivity (Wildman–Crippen MR) is 81.7 cm³/mol. The van der Waals surface area contributed by atoms with Gasteiger partial charge in [-0.3, -0.25) is 9.59 Å². The minimum atomic E-state index is -0.257. The Morgan fingerprint density at radius 3 is 2.60 bits per heavy atom. The SMILES string of the molecule is CCCCN(C)C(=O)CC(=O)Nc1cc(C)ccc1C. The summed E-state index contributed by atoms with van der Waals surface area (Å²) >= 11 is 0. The number of hydrogen-bond acceptors (Lipinski definition) is 2. The molecule has 0 spiro atoms. The maximum atomic E-state index is 11.9. The molecule has 0 bridgehead atoms. The molecule has 110 valence electrons. The van der Waals surface area contributed by atoms with Crippen LogP contribution in [-0.2, 0) is 9.59 Å². The fourth-order valence-electron chi connectivity index (χ4n) is 1.86. The minimum absolute atomic E-state index is 0.104. The zero-order valence-electron chi connectivity index (χ0n) is 12.8. The summed E-state index contributed by atoms with van der Waals surface area (Å²) in [6, 6.07) is 5.87. The van der Waals surface area contributed by atoms with E-state index in [9.17, 15) is 9.59 Å². The molecular weight excluding hydrogens is 252 g/mol. The van der Waals surface area contributed by atoms with Gasteiger partial charge in [-0.25, -0.2) is 0 Å². The van der Waals surface area contributed by atoms with Crippen molar-refractivity contribution in [2.75, 3.05) is 18.9 Å². The maximum absolute atomic E-state index is 11.9. The standard InChI is InChI=1S/C16H24N2O2/c1-5-6-9-18(4)16(20)11-15(19)17-14-10-12(2)7-8-13(14)3/h7-8,10H,5-6,9,11H2,1-4H3,(H,17,19). The number of carbonyl (C=O) groups excluding carboxylic acids is 2. The number of nitrogens with one attached hydrogen (secondary N) is 1. The second-order valence-corrected chi connectivity index (χ2v) is 5.21. The van der Waals surface area contributed by atoms with Crippen LogP contribution in [0.2, 0.25) is 0 Å². The van der Waals surface area contributed by atoms with Crippen LogP contribution in [0.15, 0.2) is 18.2 Å². The molecule has 0 aliphatic rings. The first-order chi connectivity index (χ1) is 9.43. The van der Waals surface area contributed by atoms with Crippen LogP contribution in [-0.4, -0.2) is 30.3 Å². The van der Waals surface area contributed by atoms with Gasteiger partial charge in [0.05, 0.1) is 0 Å². The van der Waals surface area contributed by atoms with E-state index in [1.807, 2.05) is 32.0 Å². The number of hydrogen-bond donors (Lipinski definition) is 1. The number of anilines is 1. The zero-order valence-corrected chi connectivity index (χ0v) is 12.8. The summed E-state index contributed by atoms with van der Waals surface area (Å²) < 4.78 is 0. The lowest BCUT2D eigenvalue weighted by molar-refractivity contribution is -0.133. The van der Waals surface area contributed by atoms with Gasteiger partial charge in [-0.15, -0.1) is 0 Å². The molecule has 0 atom stereocenters. The Labute approximate surface area is 121 Å². The first kappa shape index (κ1) is 16.2. The molecular formula is C16H24N2O2. The third-order valence-electron chi connectivity index (χ3n) is 3.25. The highest BCUT2D eigenvalue weighted by molar-refractivity contribution is 6.03. The molecule has 1 rings (SSSR count). The van der Waals surface area contributed by atoms with E-state index >= 15 is 0 Å². The zero-order chi connectivity index (χ0) is 15.1. The van der Waals surface area contributed by atoms with Crippen molar-refractivity contribution in [3.05, 3.63) is 29.3 Å². The van der Waals surface area contributed by atoms with Gasteiger partial charge in [0.15, 0.2) is 0 Å². The number of benzene rings is 1. The molecule has 20 heavy (non-hydrogen) atoms. The lowest BCUT2D eigenvalue weighted by atomic mass is 10.1. The van der Waals surface area contributed by atoms with Gasteiger partial charge in [0, 0.05) is 19.3 Å². The van der Waals surface area contributed by atoms with Gasteiger partial charge in [-0.05, 0) is 37.5 Å². The Morgan fingerprint density at radius 2 is 1.95 bits per heavy atom. The highest BCUT2D eigenvalue weighted by Gasteiger charge is 2.14. The molecule has 1 aromatic carbocycles. The Bertz CT molecular complexity index is 483. The third-order valence-corrected chi connectivity index (χ3v) is 3.25. The van der Waals surface area contributed by atoms with Crippen molar-refractivity contribution in [3.63, 3.8) is 0 Å². The number of nitrogens with zero attached hydrogens (tertiary/aromatic N) is 1. The van der Waals surface area contributed by atoms with Gasteiger partial charge < -0.3 is 10.2 Å². The monoisotopic (exact) mass is 276 g/mol. The van der Waals surface area contributed by atoms with E-state index in [0.29, 0.717) is 6.54 Å². The van der Waals surface area contributed by atoms with E-state index in [1.54, 1.807) is 11.9 Å². The Kier molecular flexibility index (Phi) is 6.22. The highest BCUT2D eigenvalue weighted by Crippen LogP contribution is 2.16. The average molecular weight is 276 g/mol. The molecule has 0 saturated heterocycles. The van der Waals surface area contributed by atoms with Gasteiger partial charge in [0.25, 0.3) is 0 Å². The third kappa shape index (κ3) is 5.03. The molecule has 0 saturated carbocycles. The minimum Gasteiger partial charge on any atom is -0.345 e. The summed E-state index contributed by atoms with van der Waals surface area (Å²) in [6.07, 6.45) is 1.89. The fourth-order valence-corrected chi connectivity index (χ4v) is 1.86. The highest BCUT2D eigenvalue weighted by atomic mass is 16.2. The number of unbranched alkanes of at least 4 members (excludes halogenated alkanes) is 1. The molecule has 2 amide bonds. The van der Waals surface area contributed by atoms with E-state index in [-0.39, 0.29) is 18.2 Å². The summed E-state index contributed by atoms with van der Waals surface area (Å²) in [4.78, 5) is 25.4. The summed E-state index contributed by atoms with van der Waals surface area (Å²) in [5.74, 6) is -0.395. The summed E-state index contributed by atoms with van der Waals surface area (Å²) in [7, 11) is 1.74. The van der Waals surface area contributed by atoms with Crippen molar-refractivity contribution in [1.29, 1.82) is 0 Å². The fraction of sp³-hybridized carbons (Fsp3) is 0.500. The first-order valence-electron chi connectivity index (χ1n) is 7.05. The largest absolute Gasteiger partial charge is 0.345 e. The number of carbonyl (C=O) groups is 2. The molecule has 1 aromatic rings. The van der Waals surface area contributed by atoms with Crippen molar-refractivity contribution in [2.24, 2.45) is 0 Å². The van der Waals surface area contributed by atoms with Gasteiger partial charge in [0.2, 0.25) is 11.8 Å². The molecule has 4 nitrogen and oxygen atoms in total. The van der Waals surface area contributed by atoms with E-state index in [1.165, 1.54) is 0 Å². The van der Waals surface area contributed by atoms with Crippen molar-refractivity contribution in [3.8, 4) is 0 Å². The lowest BCUT2D eigenvalue weighted by Crippen LogP contribution is -2.31. The Morgan fingerprint density at radius 1 is 1.25 bits per heavy atom. The molecule has 0 radical (unpaired) electrons. The number of rotatable bonds is 6. The second kappa shape index (κ2) is 7.68. The van der Waals surface area contributed by atoms with E-state index in [0.717, 1.165) is 29.7 Å². The van der Waals surface area contributed by atoms with Crippen LogP contribution in [0.1, 0.15) is 37.3 Å². The van der Waals surface area contributed by atoms with Crippen LogP contribution in [0.5, 0.6) is 0 Å². The van der Waals surface area contributed by atoms with Crippen molar-refractivity contribution < 1.29 is 9.59 Å². The lowest BCUT2D eigenvalue weighted by Gasteiger charge is -2.16. The quantitative estimate of drug-likeness (QED) is 0.812. The van der Waals surface area contributed by atoms with Crippen LogP contribution >= 0.6 is 0 Å². The number of amides is 2. The molecule has 0 unspecified atom stereocenters. The van der Waals surface area contributed by atoms with E-state index < -0.39 is 0 Å². The first-order valence-corrected chi connectivity index (χ1v) is 7.05. The molecule has 0 aliphatic heterocycles. The van der Waals surface area contributed by atoms with Crippen LogP contribution in [0.4, 0.5) is 5.69 Å². The smallest absolute Gasteiger partial charge is 0.233 e. The van der Waals surface area contributed by atoms with Crippen LogP contribution in [0, 0.1) is 13.8 Å². The van der Waals surface area contributed by atoms with Gasteiger partial charge >= 0.3 is 0 Å². The molecule has 1 N–H and O–H groups in total. The van der Waals surface area contributed by atoms with E-state index in [2.05, 4.69) is 12.2 Å². The second-order valence-electron chi connectivity index (χ2n) is 5.21. The topological polar surface area (TPSA) is 49.4 Å². The normalized spacial score (nSPS) is 10.2. The van der Waals surface area contributed by atoms with Gasteiger partial charge in [-0.1, -0.05) is 25.5 Å². The average Bonchev–Trinajstić information content (AvgIpc) is 2.40. The molecule has 0 heterocycles. The van der Waals surface area contributed by atoms with Gasteiger partial charge in [-0.2, -0.15) is 0 Å². The van der Waals surface area contributed by atoms with Crippen LogP contribution < -0.4 is 5.32 Å². The predicted octanol–water partition coefficient (Wildman–Crippen LogP) is 2.89. The van der Waals surface area contributed by atoms with Crippen LogP contribution in [0.3, 0.4) is 0 Å². The maximum Gasteiger partial charge on any atom is 0.233 e. The van der Waals surface area contributed by atoms with Crippen LogP contribution in [0.25, 0.3) is 0 Å². The summed E-state index contributed by atoms with van der Waals surface area (Å²) in [6.45, 7) is 6.68. The van der Waals surface area contributed by atoms with E-state index in [4.69, 9.17) is 0 Å². The number of aryl methyl sites for hydroxylation is 2.